The van der Waals surface area contributed by atoms with E-state index in [1.165, 1.54) is 16.0 Å². The lowest BCUT2D eigenvalue weighted by molar-refractivity contribution is 0.0952. The molecule has 5 rings (SSSR count). The van der Waals surface area contributed by atoms with Gasteiger partial charge in [-0.2, -0.15) is 0 Å². The molecule has 0 radical (unpaired) electrons. The number of hydrogen-bond acceptors (Lipinski definition) is 6. The van der Waals surface area contributed by atoms with Gasteiger partial charge >= 0.3 is 5.69 Å². The first-order chi connectivity index (χ1) is 13.7. The molecule has 3 aromatic heterocycles. The van der Waals surface area contributed by atoms with Gasteiger partial charge in [0.15, 0.2) is 5.82 Å². The summed E-state index contributed by atoms with van der Waals surface area (Å²) in [5.74, 6) is 0.563. The molecule has 0 atom stereocenters. The molecule has 1 N–H and O–H groups in total. The highest BCUT2D eigenvalue weighted by molar-refractivity contribution is 7.16. The van der Waals surface area contributed by atoms with Crippen LogP contribution in [0.2, 0.25) is 0 Å². The molecule has 9 heteroatoms. The summed E-state index contributed by atoms with van der Waals surface area (Å²) < 4.78 is 4.23. The highest BCUT2D eigenvalue weighted by Gasteiger charge is 2.30. The Morgan fingerprint density at radius 3 is 2.93 bits per heavy atom. The van der Waals surface area contributed by atoms with Crippen LogP contribution >= 0.6 is 22.7 Å². The van der Waals surface area contributed by atoms with E-state index in [0.717, 1.165) is 33.8 Å². The number of rotatable bonds is 6. The number of thiophene rings is 1. The van der Waals surface area contributed by atoms with Crippen molar-refractivity contribution < 1.29 is 4.79 Å². The van der Waals surface area contributed by atoms with Crippen molar-refractivity contribution in [2.45, 2.75) is 25.4 Å². The molecule has 1 saturated carbocycles. The smallest absolute Gasteiger partial charge is 0.346 e. The maximum absolute atomic E-state index is 12.8. The molecule has 1 aliphatic rings. The summed E-state index contributed by atoms with van der Waals surface area (Å²) in [6.45, 7) is 0.677. The molecule has 0 spiro atoms. The zero-order chi connectivity index (χ0) is 19.1. The summed E-state index contributed by atoms with van der Waals surface area (Å²) >= 11 is 3.08. The second-order valence-electron chi connectivity index (χ2n) is 6.70. The molecule has 0 saturated heterocycles. The summed E-state index contributed by atoms with van der Waals surface area (Å²) in [6.07, 6.45) is 2.03. The largest absolute Gasteiger partial charge is 0.350 e. The number of carbonyl (C=O) groups excluding carboxylic acids is 1. The summed E-state index contributed by atoms with van der Waals surface area (Å²) in [5, 5.41) is 9.40. The number of benzene rings is 1. The van der Waals surface area contributed by atoms with Crippen molar-refractivity contribution in [3.8, 4) is 10.7 Å². The van der Waals surface area contributed by atoms with Crippen molar-refractivity contribution in [1.29, 1.82) is 0 Å². The van der Waals surface area contributed by atoms with Crippen molar-refractivity contribution in [2.24, 2.45) is 0 Å². The van der Waals surface area contributed by atoms with Crippen LogP contribution in [0.4, 0.5) is 0 Å². The Hall–Kier alpha value is -2.78. The van der Waals surface area contributed by atoms with Crippen LogP contribution in [0.15, 0.2) is 46.0 Å². The Labute approximate surface area is 168 Å². The number of nitrogens with zero attached hydrogens (tertiary/aromatic N) is 4. The van der Waals surface area contributed by atoms with Crippen LogP contribution in [0.3, 0.4) is 0 Å². The second-order valence-corrected chi connectivity index (χ2v) is 8.53. The van der Waals surface area contributed by atoms with E-state index >= 15 is 0 Å². The average Bonchev–Trinajstić information content (AvgIpc) is 3.11. The van der Waals surface area contributed by atoms with Gasteiger partial charge in [-0.15, -0.1) is 27.8 Å². The first-order valence-electron chi connectivity index (χ1n) is 9.05. The van der Waals surface area contributed by atoms with Crippen molar-refractivity contribution in [2.75, 3.05) is 6.54 Å². The van der Waals surface area contributed by atoms with Gasteiger partial charge in [0.1, 0.15) is 0 Å². The predicted molar refractivity (Wildman–Crippen MR) is 110 cm³/mol. The Kier molecular flexibility index (Phi) is 4.33. The summed E-state index contributed by atoms with van der Waals surface area (Å²) in [7, 11) is 0. The fourth-order valence-corrected chi connectivity index (χ4v) is 4.60. The minimum absolute atomic E-state index is 0.105. The Balaban J connectivity index is 1.31. The van der Waals surface area contributed by atoms with Crippen LogP contribution in [0.5, 0.6) is 0 Å². The van der Waals surface area contributed by atoms with Gasteiger partial charge in [0.25, 0.3) is 5.91 Å². The molecular weight excluding hydrogens is 394 g/mol. The minimum Gasteiger partial charge on any atom is -0.350 e. The van der Waals surface area contributed by atoms with Gasteiger partial charge in [-0.05, 0) is 42.5 Å². The van der Waals surface area contributed by atoms with Gasteiger partial charge < -0.3 is 5.32 Å². The van der Waals surface area contributed by atoms with Crippen LogP contribution in [0, 0.1) is 0 Å². The van der Waals surface area contributed by atoms with Gasteiger partial charge in [-0.3, -0.25) is 9.36 Å². The van der Waals surface area contributed by atoms with Crippen molar-refractivity contribution >= 4 is 38.8 Å². The van der Waals surface area contributed by atoms with E-state index < -0.39 is 0 Å². The Bertz CT molecular complexity index is 1200. The highest BCUT2D eigenvalue weighted by Crippen LogP contribution is 2.37. The fraction of sp³-hybridized carbons (Fsp3) is 0.263. The molecule has 142 valence electrons. The average molecular weight is 412 g/mol. The fourth-order valence-electron chi connectivity index (χ4n) is 3.18. The van der Waals surface area contributed by atoms with E-state index in [1.54, 1.807) is 27.5 Å². The van der Waals surface area contributed by atoms with E-state index in [-0.39, 0.29) is 17.6 Å². The number of nitrogens with one attached hydrogen (secondary N) is 1. The maximum Gasteiger partial charge on any atom is 0.346 e. The lowest BCUT2D eigenvalue weighted by Gasteiger charge is -2.05. The molecule has 1 aromatic carbocycles. The number of amides is 1. The van der Waals surface area contributed by atoms with Crippen molar-refractivity contribution in [3.05, 3.63) is 57.3 Å². The van der Waals surface area contributed by atoms with E-state index in [9.17, 15) is 9.59 Å². The third-order valence-corrected chi connectivity index (χ3v) is 6.38. The second kappa shape index (κ2) is 6.99. The highest BCUT2D eigenvalue weighted by atomic mass is 32.1. The Morgan fingerprint density at radius 2 is 2.14 bits per heavy atom. The first-order valence-corrected chi connectivity index (χ1v) is 10.8. The SMILES string of the molecule is O=C(NCCn1nc(-c2cccs2)n(C2CC2)c1=O)c1ccc2ncsc2c1. The van der Waals surface area contributed by atoms with Gasteiger partial charge in [0.05, 0.1) is 27.1 Å². The van der Waals surface area contributed by atoms with Crippen molar-refractivity contribution in [1.82, 2.24) is 24.6 Å². The third-order valence-electron chi connectivity index (χ3n) is 4.73. The molecule has 1 fully saturated rings. The zero-order valence-corrected chi connectivity index (χ0v) is 16.5. The van der Waals surface area contributed by atoms with Gasteiger partial charge in [-0.25, -0.2) is 14.5 Å². The van der Waals surface area contributed by atoms with Gasteiger partial charge in [0, 0.05) is 18.2 Å². The zero-order valence-electron chi connectivity index (χ0n) is 14.9. The predicted octanol–water partition coefficient (Wildman–Crippen LogP) is 3.15. The molecule has 4 aromatic rings. The number of hydrogen-bond donors (Lipinski definition) is 1. The maximum atomic E-state index is 12.8. The molecule has 7 nitrogen and oxygen atoms in total. The van der Waals surface area contributed by atoms with Gasteiger partial charge in [0.2, 0.25) is 0 Å². The van der Waals surface area contributed by atoms with Crippen molar-refractivity contribution in [3.63, 3.8) is 0 Å². The molecule has 1 aliphatic carbocycles. The van der Waals surface area contributed by atoms with Crippen LogP contribution in [0.1, 0.15) is 29.2 Å². The first kappa shape index (κ1) is 17.3. The van der Waals surface area contributed by atoms with E-state index in [2.05, 4.69) is 15.4 Å². The summed E-state index contributed by atoms with van der Waals surface area (Å²) in [5.41, 5.74) is 3.14. The van der Waals surface area contributed by atoms with Crippen LogP contribution in [-0.4, -0.2) is 31.8 Å². The van der Waals surface area contributed by atoms with Crippen LogP contribution in [0.25, 0.3) is 20.9 Å². The summed E-state index contributed by atoms with van der Waals surface area (Å²) in [6, 6.07) is 9.63. The van der Waals surface area contributed by atoms with Crippen LogP contribution in [-0.2, 0) is 6.54 Å². The Morgan fingerprint density at radius 1 is 1.25 bits per heavy atom. The normalized spacial score (nSPS) is 13.9. The molecule has 0 aliphatic heterocycles. The number of aromatic nitrogens is 4. The van der Waals surface area contributed by atoms with E-state index in [1.807, 2.05) is 29.6 Å². The number of fused-ring (bicyclic) bond motifs is 1. The summed E-state index contributed by atoms with van der Waals surface area (Å²) in [4.78, 5) is 30.4. The lowest BCUT2D eigenvalue weighted by Crippen LogP contribution is -2.32. The molecule has 0 unspecified atom stereocenters. The monoisotopic (exact) mass is 411 g/mol. The van der Waals surface area contributed by atoms with Crippen LogP contribution < -0.4 is 11.0 Å². The number of thiazole rings is 1. The van der Waals surface area contributed by atoms with Gasteiger partial charge in [-0.1, -0.05) is 6.07 Å². The minimum atomic E-state index is -0.163. The molecule has 3 heterocycles. The standard InChI is InChI=1S/C19H17N5O2S2/c25-18(12-3-6-14-16(10-12)28-11-21-14)20-7-8-23-19(26)24(13-4-5-13)17(22-23)15-2-1-9-27-15/h1-3,6,9-11,13H,4-5,7-8H2,(H,20,25). The topological polar surface area (TPSA) is 81.8 Å². The lowest BCUT2D eigenvalue weighted by atomic mass is 10.2. The molecule has 28 heavy (non-hydrogen) atoms. The molecule has 0 bridgehead atoms. The van der Waals surface area contributed by atoms with E-state index in [4.69, 9.17) is 0 Å². The molecule has 1 amide bonds. The number of carbonyl (C=O) groups is 1. The quantitative estimate of drug-likeness (QED) is 0.528. The third kappa shape index (κ3) is 3.16. The van der Waals surface area contributed by atoms with E-state index in [0.29, 0.717) is 18.7 Å². The molecular formula is C19H17N5O2S2.